The van der Waals surface area contributed by atoms with Crippen molar-refractivity contribution in [3.63, 3.8) is 0 Å². The third-order valence-corrected chi connectivity index (χ3v) is 7.14. The van der Waals surface area contributed by atoms with E-state index < -0.39 is 21.7 Å². The molecule has 1 atom stereocenters. The van der Waals surface area contributed by atoms with Gasteiger partial charge in [-0.1, -0.05) is 29.8 Å². The molecule has 0 unspecified atom stereocenters. The quantitative estimate of drug-likeness (QED) is 0.669. The van der Waals surface area contributed by atoms with Crippen LogP contribution in [0.4, 0.5) is 15.8 Å². The predicted molar refractivity (Wildman–Crippen MR) is 115 cm³/mol. The van der Waals surface area contributed by atoms with Gasteiger partial charge < -0.3 is 5.32 Å². The molecule has 7 heteroatoms. The van der Waals surface area contributed by atoms with E-state index in [0.717, 1.165) is 11.1 Å². The van der Waals surface area contributed by atoms with Crippen LogP contribution in [0.15, 0.2) is 71.6 Å². The van der Waals surface area contributed by atoms with Gasteiger partial charge in [-0.05, 0) is 68.3 Å². The lowest BCUT2D eigenvalue weighted by molar-refractivity contribution is 0.102. The van der Waals surface area contributed by atoms with E-state index in [1.807, 2.05) is 13.8 Å². The number of carbonyl (C=O) groups excluding carboxylic acids is 1. The molecule has 0 saturated heterocycles. The summed E-state index contributed by atoms with van der Waals surface area (Å²) in [5, 5.41) is 2.56. The maximum absolute atomic E-state index is 13.8. The van der Waals surface area contributed by atoms with Gasteiger partial charge in [0.15, 0.2) is 0 Å². The number of benzene rings is 3. The van der Waals surface area contributed by atoms with Crippen molar-refractivity contribution in [2.24, 2.45) is 0 Å². The van der Waals surface area contributed by atoms with E-state index >= 15 is 0 Å². The SMILES string of the molecule is Cc1ccc(S(=O)(=O)N2c3ccc(C(=O)Nc4ccccc4F)cc3C[C@@H]2C)cc1. The van der Waals surface area contributed by atoms with Crippen molar-refractivity contribution in [1.29, 1.82) is 0 Å². The van der Waals surface area contributed by atoms with Crippen molar-refractivity contribution in [3.8, 4) is 0 Å². The summed E-state index contributed by atoms with van der Waals surface area (Å²) in [6.07, 6.45) is 0.487. The van der Waals surface area contributed by atoms with Crippen molar-refractivity contribution in [3.05, 3.63) is 89.2 Å². The standard InChI is InChI=1S/C23H21FN2O3S/c1-15-7-10-19(11-8-15)30(28,29)26-16(2)13-18-14-17(9-12-22(18)26)23(27)25-21-6-4-3-5-20(21)24/h3-12,14,16H,13H2,1-2H3,(H,25,27)/t16-/m0/s1. The molecule has 0 fully saturated rings. The Morgan fingerprint density at radius 1 is 1.07 bits per heavy atom. The zero-order chi connectivity index (χ0) is 21.5. The fraction of sp³-hybridized carbons (Fsp3) is 0.174. The van der Waals surface area contributed by atoms with Gasteiger partial charge >= 0.3 is 0 Å². The molecule has 1 heterocycles. The van der Waals surface area contributed by atoms with Gasteiger partial charge in [0.25, 0.3) is 15.9 Å². The number of fused-ring (bicyclic) bond motifs is 1. The molecule has 1 aliphatic rings. The first-order valence-electron chi connectivity index (χ1n) is 9.57. The van der Waals surface area contributed by atoms with Crippen LogP contribution in [0.3, 0.4) is 0 Å². The van der Waals surface area contributed by atoms with E-state index in [1.54, 1.807) is 54.6 Å². The molecule has 1 N–H and O–H groups in total. The largest absolute Gasteiger partial charge is 0.319 e. The van der Waals surface area contributed by atoms with Crippen molar-refractivity contribution < 1.29 is 17.6 Å². The Morgan fingerprint density at radius 3 is 2.47 bits per heavy atom. The zero-order valence-corrected chi connectivity index (χ0v) is 17.4. The first-order valence-corrected chi connectivity index (χ1v) is 11.0. The van der Waals surface area contributed by atoms with Crippen LogP contribution in [0.1, 0.15) is 28.4 Å². The summed E-state index contributed by atoms with van der Waals surface area (Å²) in [6.45, 7) is 3.74. The molecule has 0 saturated carbocycles. The van der Waals surface area contributed by atoms with Crippen LogP contribution in [0.25, 0.3) is 0 Å². The Kier molecular flexibility index (Phi) is 5.07. The van der Waals surface area contributed by atoms with Gasteiger partial charge in [0.2, 0.25) is 0 Å². The average molecular weight is 424 g/mol. The number of rotatable bonds is 4. The van der Waals surface area contributed by atoms with Crippen LogP contribution < -0.4 is 9.62 Å². The van der Waals surface area contributed by atoms with Gasteiger partial charge in [-0.15, -0.1) is 0 Å². The normalized spacial score (nSPS) is 15.7. The molecule has 0 radical (unpaired) electrons. The van der Waals surface area contributed by atoms with E-state index in [0.29, 0.717) is 17.7 Å². The maximum atomic E-state index is 13.8. The van der Waals surface area contributed by atoms with Crippen LogP contribution in [0.5, 0.6) is 0 Å². The Balaban J connectivity index is 1.64. The monoisotopic (exact) mass is 424 g/mol. The van der Waals surface area contributed by atoms with Gasteiger partial charge in [0, 0.05) is 11.6 Å². The van der Waals surface area contributed by atoms with Gasteiger partial charge in [-0.2, -0.15) is 0 Å². The molecule has 0 aliphatic carbocycles. The molecular weight excluding hydrogens is 403 g/mol. The number of carbonyl (C=O) groups is 1. The third kappa shape index (κ3) is 3.57. The number of sulfonamides is 1. The number of anilines is 2. The molecule has 30 heavy (non-hydrogen) atoms. The first kappa shape index (κ1) is 20.1. The summed E-state index contributed by atoms with van der Waals surface area (Å²) >= 11 is 0. The maximum Gasteiger partial charge on any atom is 0.264 e. The lowest BCUT2D eigenvalue weighted by Crippen LogP contribution is -2.35. The van der Waals surface area contributed by atoms with Gasteiger partial charge in [0.1, 0.15) is 5.82 Å². The number of hydrogen-bond donors (Lipinski definition) is 1. The second-order valence-electron chi connectivity index (χ2n) is 7.44. The van der Waals surface area contributed by atoms with Crippen LogP contribution in [0.2, 0.25) is 0 Å². The molecule has 1 amide bonds. The van der Waals surface area contributed by atoms with E-state index in [-0.39, 0.29) is 16.6 Å². The second kappa shape index (κ2) is 7.57. The predicted octanol–water partition coefficient (Wildman–Crippen LogP) is 4.53. The highest BCUT2D eigenvalue weighted by molar-refractivity contribution is 7.92. The second-order valence-corrected chi connectivity index (χ2v) is 9.26. The topological polar surface area (TPSA) is 66.5 Å². The van der Waals surface area contributed by atoms with Crippen LogP contribution in [0, 0.1) is 12.7 Å². The van der Waals surface area contributed by atoms with Crippen LogP contribution in [-0.4, -0.2) is 20.4 Å². The van der Waals surface area contributed by atoms with E-state index in [1.165, 1.54) is 16.4 Å². The number of nitrogens with one attached hydrogen (secondary N) is 1. The zero-order valence-electron chi connectivity index (χ0n) is 16.6. The highest BCUT2D eigenvalue weighted by atomic mass is 32.2. The summed E-state index contributed by atoms with van der Waals surface area (Å²) in [6, 6.07) is 17.3. The molecule has 3 aromatic carbocycles. The lowest BCUT2D eigenvalue weighted by atomic mass is 10.1. The first-order chi connectivity index (χ1) is 14.3. The van der Waals surface area contributed by atoms with Crippen molar-refractivity contribution >= 4 is 27.3 Å². The third-order valence-electron chi connectivity index (χ3n) is 5.19. The summed E-state index contributed by atoms with van der Waals surface area (Å²) < 4.78 is 41.7. The number of para-hydroxylation sites is 1. The minimum Gasteiger partial charge on any atom is -0.319 e. The minimum atomic E-state index is -3.72. The van der Waals surface area contributed by atoms with Crippen molar-refractivity contribution in [2.75, 3.05) is 9.62 Å². The Labute approximate surface area is 175 Å². The average Bonchev–Trinajstić information content (AvgIpc) is 3.05. The highest BCUT2D eigenvalue weighted by Crippen LogP contribution is 2.37. The molecule has 3 aromatic rings. The summed E-state index contributed by atoms with van der Waals surface area (Å²) in [5.74, 6) is -0.966. The number of amides is 1. The molecule has 4 rings (SSSR count). The summed E-state index contributed by atoms with van der Waals surface area (Å²) in [7, 11) is -3.72. The minimum absolute atomic E-state index is 0.0972. The fourth-order valence-corrected chi connectivity index (χ4v) is 5.38. The van der Waals surface area contributed by atoms with E-state index in [2.05, 4.69) is 5.32 Å². The smallest absolute Gasteiger partial charge is 0.264 e. The van der Waals surface area contributed by atoms with E-state index in [9.17, 15) is 17.6 Å². The molecule has 0 bridgehead atoms. The van der Waals surface area contributed by atoms with Crippen molar-refractivity contribution in [2.45, 2.75) is 31.2 Å². The van der Waals surface area contributed by atoms with Crippen LogP contribution >= 0.6 is 0 Å². The molecule has 0 spiro atoms. The Hall–Kier alpha value is -3.19. The molecule has 1 aliphatic heterocycles. The number of hydrogen-bond acceptors (Lipinski definition) is 3. The fourth-order valence-electron chi connectivity index (χ4n) is 3.69. The van der Waals surface area contributed by atoms with Gasteiger partial charge in [-0.3, -0.25) is 9.10 Å². The Morgan fingerprint density at radius 2 is 1.77 bits per heavy atom. The number of nitrogens with zero attached hydrogens (tertiary/aromatic N) is 1. The molecule has 5 nitrogen and oxygen atoms in total. The summed E-state index contributed by atoms with van der Waals surface area (Å²) in [5.41, 5.74) is 2.75. The van der Waals surface area contributed by atoms with Gasteiger partial charge in [0.05, 0.1) is 16.3 Å². The molecule has 0 aromatic heterocycles. The van der Waals surface area contributed by atoms with E-state index in [4.69, 9.17) is 0 Å². The molecular formula is C23H21FN2O3S. The van der Waals surface area contributed by atoms with Gasteiger partial charge in [-0.25, -0.2) is 12.8 Å². The highest BCUT2D eigenvalue weighted by Gasteiger charge is 2.36. The number of aryl methyl sites for hydroxylation is 1. The van der Waals surface area contributed by atoms with Crippen LogP contribution in [-0.2, 0) is 16.4 Å². The lowest BCUT2D eigenvalue weighted by Gasteiger charge is -2.24. The summed E-state index contributed by atoms with van der Waals surface area (Å²) in [4.78, 5) is 12.8. The number of halogens is 1. The van der Waals surface area contributed by atoms with Crippen molar-refractivity contribution in [1.82, 2.24) is 0 Å². The molecule has 154 valence electrons. The Bertz CT molecular complexity index is 1220.